The van der Waals surface area contributed by atoms with Gasteiger partial charge in [0.05, 0.1) is 18.2 Å². The van der Waals surface area contributed by atoms with Gasteiger partial charge in [-0.15, -0.1) is 0 Å². The van der Waals surface area contributed by atoms with E-state index in [1.165, 1.54) is 17.0 Å². The number of aliphatic carboxylic acids is 1. The Labute approximate surface area is 156 Å². The lowest BCUT2D eigenvalue weighted by molar-refractivity contribution is -0.160. The average molecular weight is 373 g/mol. The van der Waals surface area contributed by atoms with E-state index >= 15 is 0 Å². The van der Waals surface area contributed by atoms with Crippen LogP contribution in [0.3, 0.4) is 0 Å². The quantitative estimate of drug-likeness (QED) is 0.872. The number of morpholine rings is 1. The maximum Gasteiger partial charge on any atom is 0.334 e. The first-order chi connectivity index (χ1) is 12.9. The third-order valence-electron chi connectivity index (χ3n) is 4.25. The van der Waals surface area contributed by atoms with E-state index in [0.717, 1.165) is 5.56 Å². The molecule has 2 aromatic carbocycles. The second-order valence-electron chi connectivity index (χ2n) is 6.40. The zero-order chi connectivity index (χ0) is 19.4. The molecule has 142 valence electrons. The number of benzene rings is 2. The number of amides is 1. The van der Waals surface area contributed by atoms with Crippen molar-refractivity contribution < 1.29 is 28.6 Å². The normalized spacial score (nSPS) is 19.6. The Bertz CT molecular complexity index is 823. The molecule has 0 saturated carbocycles. The summed E-state index contributed by atoms with van der Waals surface area (Å²) in [5, 5.41) is 9.20. The van der Waals surface area contributed by atoms with Crippen LogP contribution in [-0.2, 0) is 16.1 Å². The van der Waals surface area contributed by atoms with Crippen molar-refractivity contribution in [1.82, 2.24) is 4.90 Å². The summed E-state index contributed by atoms with van der Waals surface area (Å²) >= 11 is 0. The van der Waals surface area contributed by atoms with E-state index < -0.39 is 12.1 Å². The molecule has 0 aliphatic carbocycles. The molecule has 1 unspecified atom stereocenters. The number of ether oxygens (including phenoxy) is 2. The Morgan fingerprint density at radius 1 is 1.19 bits per heavy atom. The third kappa shape index (κ3) is 4.62. The average Bonchev–Trinajstić information content (AvgIpc) is 2.66. The van der Waals surface area contributed by atoms with Gasteiger partial charge in [0.2, 0.25) is 0 Å². The summed E-state index contributed by atoms with van der Waals surface area (Å²) in [6, 6.07) is 12.7. The van der Waals surface area contributed by atoms with E-state index in [0.29, 0.717) is 17.9 Å². The molecule has 2 atom stereocenters. The Kier molecular flexibility index (Phi) is 5.71. The van der Waals surface area contributed by atoms with Gasteiger partial charge in [-0.1, -0.05) is 24.3 Å². The van der Waals surface area contributed by atoms with Crippen molar-refractivity contribution in [2.75, 3.05) is 13.1 Å². The number of rotatable bonds is 5. The number of carboxylic acid groups (broad SMARTS) is 1. The number of nitrogens with zero attached hydrogens (tertiary/aromatic N) is 1. The van der Waals surface area contributed by atoms with Gasteiger partial charge in [0.15, 0.2) is 6.10 Å². The molecular formula is C20H20FNO5. The summed E-state index contributed by atoms with van der Waals surface area (Å²) in [5.41, 5.74) is 1.11. The van der Waals surface area contributed by atoms with Gasteiger partial charge in [-0.05, 0) is 36.8 Å². The van der Waals surface area contributed by atoms with Crippen LogP contribution in [0.15, 0.2) is 48.5 Å². The molecule has 1 saturated heterocycles. The molecule has 1 fully saturated rings. The molecule has 1 aliphatic rings. The maximum atomic E-state index is 13.0. The number of hydrogen-bond donors (Lipinski definition) is 1. The van der Waals surface area contributed by atoms with Crippen molar-refractivity contribution in [3.8, 4) is 5.75 Å². The van der Waals surface area contributed by atoms with Crippen LogP contribution in [0, 0.1) is 5.82 Å². The lowest BCUT2D eigenvalue weighted by atomic mass is 10.1. The fourth-order valence-corrected chi connectivity index (χ4v) is 2.93. The Hall–Kier alpha value is -2.93. The number of carboxylic acids is 1. The summed E-state index contributed by atoms with van der Waals surface area (Å²) < 4.78 is 24.1. The molecule has 0 radical (unpaired) electrons. The minimum Gasteiger partial charge on any atom is -0.488 e. The van der Waals surface area contributed by atoms with Crippen molar-refractivity contribution >= 4 is 11.9 Å². The summed E-state index contributed by atoms with van der Waals surface area (Å²) in [7, 11) is 0. The maximum absolute atomic E-state index is 13.0. The summed E-state index contributed by atoms with van der Waals surface area (Å²) in [6.07, 6.45) is -1.43. The highest BCUT2D eigenvalue weighted by Crippen LogP contribution is 2.23. The Balaban J connectivity index is 1.75. The molecule has 0 spiro atoms. The predicted octanol–water partition coefficient (Wildman–Crippen LogP) is 2.72. The van der Waals surface area contributed by atoms with Gasteiger partial charge in [0.1, 0.15) is 18.2 Å². The van der Waals surface area contributed by atoms with Gasteiger partial charge in [-0.3, -0.25) is 4.79 Å². The number of carbonyl (C=O) groups excluding carboxylic acids is 1. The topological polar surface area (TPSA) is 76.1 Å². The fourth-order valence-electron chi connectivity index (χ4n) is 2.93. The number of hydrogen-bond acceptors (Lipinski definition) is 4. The SMILES string of the molecule is C[C@@H]1CN(C(=O)c2ccccc2OCc2ccc(F)cc2)CC(C(=O)O)O1. The summed E-state index contributed by atoms with van der Waals surface area (Å²) in [4.78, 5) is 25.6. The highest BCUT2D eigenvalue weighted by atomic mass is 19.1. The van der Waals surface area contributed by atoms with Crippen LogP contribution in [-0.4, -0.2) is 47.2 Å². The van der Waals surface area contributed by atoms with E-state index in [9.17, 15) is 19.1 Å². The molecule has 27 heavy (non-hydrogen) atoms. The number of para-hydroxylation sites is 1. The summed E-state index contributed by atoms with van der Waals surface area (Å²) in [6.45, 7) is 2.19. The molecule has 7 heteroatoms. The smallest absolute Gasteiger partial charge is 0.334 e. The summed E-state index contributed by atoms with van der Waals surface area (Å²) in [5.74, 6) is -1.35. The van der Waals surface area contributed by atoms with Gasteiger partial charge in [-0.25, -0.2) is 9.18 Å². The van der Waals surface area contributed by atoms with Crippen molar-refractivity contribution in [1.29, 1.82) is 0 Å². The zero-order valence-corrected chi connectivity index (χ0v) is 14.8. The van der Waals surface area contributed by atoms with Crippen LogP contribution in [0.5, 0.6) is 5.75 Å². The van der Waals surface area contributed by atoms with Crippen LogP contribution in [0.25, 0.3) is 0 Å². The van der Waals surface area contributed by atoms with Crippen molar-refractivity contribution in [3.63, 3.8) is 0 Å². The van der Waals surface area contributed by atoms with Gasteiger partial charge in [0.25, 0.3) is 5.91 Å². The van der Waals surface area contributed by atoms with Crippen LogP contribution in [0.4, 0.5) is 4.39 Å². The Morgan fingerprint density at radius 3 is 2.59 bits per heavy atom. The van der Waals surface area contributed by atoms with E-state index in [4.69, 9.17) is 9.47 Å². The van der Waals surface area contributed by atoms with Gasteiger partial charge in [0, 0.05) is 6.54 Å². The molecule has 2 aromatic rings. The largest absolute Gasteiger partial charge is 0.488 e. The van der Waals surface area contributed by atoms with E-state index in [1.54, 1.807) is 43.3 Å². The Morgan fingerprint density at radius 2 is 1.89 bits per heavy atom. The van der Waals surface area contributed by atoms with Gasteiger partial charge >= 0.3 is 5.97 Å². The molecule has 1 heterocycles. The van der Waals surface area contributed by atoms with E-state index in [2.05, 4.69) is 0 Å². The van der Waals surface area contributed by atoms with Crippen molar-refractivity contribution in [2.45, 2.75) is 25.7 Å². The standard InChI is InChI=1S/C20H20FNO5/c1-13-10-22(11-18(27-13)20(24)25)19(23)16-4-2-3-5-17(16)26-12-14-6-8-15(21)9-7-14/h2-9,13,18H,10-12H2,1H3,(H,24,25)/t13-,18?/m1/s1. The van der Waals surface area contributed by atoms with E-state index in [-0.39, 0.29) is 31.0 Å². The van der Waals surface area contributed by atoms with Crippen LogP contribution < -0.4 is 4.74 Å². The second kappa shape index (κ2) is 8.18. The number of halogens is 1. The van der Waals surface area contributed by atoms with Crippen molar-refractivity contribution in [3.05, 3.63) is 65.5 Å². The fraction of sp³-hybridized carbons (Fsp3) is 0.300. The van der Waals surface area contributed by atoms with Crippen molar-refractivity contribution in [2.24, 2.45) is 0 Å². The monoisotopic (exact) mass is 373 g/mol. The van der Waals surface area contributed by atoms with Crippen LogP contribution in [0.1, 0.15) is 22.8 Å². The highest BCUT2D eigenvalue weighted by molar-refractivity contribution is 5.97. The molecular weight excluding hydrogens is 353 g/mol. The van der Waals surface area contributed by atoms with Gasteiger partial charge < -0.3 is 19.5 Å². The first-order valence-corrected chi connectivity index (χ1v) is 8.58. The molecule has 0 bridgehead atoms. The third-order valence-corrected chi connectivity index (χ3v) is 4.25. The van der Waals surface area contributed by atoms with Crippen LogP contribution >= 0.6 is 0 Å². The molecule has 1 amide bonds. The first kappa shape index (κ1) is 18.8. The molecule has 6 nitrogen and oxygen atoms in total. The minimum absolute atomic E-state index is 0.0230. The predicted molar refractivity (Wildman–Crippen MR) is 95.0 cm³/mol. The lowest BCUT2D eigenvalue weighted by Crippen LogP contribution is -2.51. The highest BCUT2D eigenvalue weighted by Gasteiger charge is 2.33. The minimum atomic E-state index is -1.10. The molecule has 1 N–H and O–H groups in total. The molecule has 0 aromatic heterocycles. The lowest BCUT2D eigenvalue weighted by Gasteiger charge is -2.35. The molecule has 1 aliphatic heterocycles. The van der Waals surface area contributed by atoms with Gasteiger partial charge in [-0.2, -0.15) is 0 Å². The van der Waals surface area contributed by atoms with Crippen LogP contribution in [0.2, 0.25) is 0 Å². The zero-order valence-electron chi connectivity index (χ0n) is 14.8. The van der Waals surface area contributed by atoms with E-state index in [1.807, 2.05) is 0 Å². The second-order valence-corrected chi connectivity index (χ2v) is 6.40. The number of carbonyl (C=O) groups is 2. The first-order valence-electron chi connectivity index (χ1n) is 8.58. The molecule has 3 rings (SSSR count).